The fourth-order valence-corrected chi connectivity index (χ4v) is 5.65. The second kappa shape index (κ2) is 15.5. The molecule has 7 nitrogen and oxygen atoms in total. The monoisotopic (exact) mass is 605 g/mol. The Hall–Kier alpha value is -3.27. The molecule has 10 heteroatoms. The summed E-state index contributed by atoms with van der Waals surface area (Å²) in [5.74, 6) is -1.65. The predicted octanol–water partition coefficient (Wildman–Crippen LogP) is 6.43. The average Bonchev–Trinajstić information content (AvgIpc) is 2.96. The third kappa shape index (κ3) is 10.7. The van der Waals surface area contributed by atoms with Crippen LogP contribution in [0.4, 0.5) is 18.9 Å². The van der Waals surface area contributed by atoms with Crippen LogP contribution in [-0.4, -0.2) is 85.4 Å². The van der Waals surface area contributed by atoms with E-state index in [0.717, 1.165) is 75.5 Å². The largest absolute Gasteiger partial charge is 0.494 e. The molecule has 238 valence electrons. The molecule has 1 amide bonds. The second-order valence-electron chi connectivity index (χ2n) is 12.2. The fraction of sp³-hybridized carbons (Fsp3) is 0.576. The number of hydrogen-bond acceptors (Lipinski definition) is 5. The molecule has 2 saturated heterocycles. The lowest BCUT2D eigenvalue weighted by Crippen LogP contribution is -2.49. The number of anilines is 1. The van der Waals surface area contributed by atoms with E-state index in [1.165, 1.54) is 37.2 Å². The number of likely N-dealkylation sites (tertiary alicyclic amines) is 1. The molecule has 0 spiro atoms. The summed E-state index contributed by atoms with van der Waals surface area (Å²) in [7, 11) is 0. The molecule has 0 unspecified atom stereocenters. The van der Waals surface area contributed by atoms with Crippen LogP contribution in [0.3, 0.4) is 0 Å². The van der Waals surface area contributed by atoms with Crippen molar-refractivity contribution in [2.24, 2.45) is 5.41 Å². The highest BCUT2D eigenvalue weighted by Crippen LogP contribution is 2.28. The second-order valence-corrected chi connectivity index (χ2v) is 12.2. The van der Waals surface area contributed by atoms with Gasteiger partial charge in [-0.3, -0.25) is 4.79 Å². The first-order valence-corrected chi connectivity index (χ1v) is 15.2. The Morgan fingerprint density at radius 2 is 1.65 bits per heavy atom. The van der Waals surface area contributed by atoms with Crippen molar-refractivity contribution < 1.29 is 32.6 Å². The molecule has 2 aliphatic rings. The highest BCUT2D eigenvalue weighted by atomic mass is 19.4. The maximum absolute atomic E-state index is 13.2. The van der Waals surface area contributed by atoms with Gasteiger partial charge in [0.1, 0.15) is 5.75 Å². The number of carbonyl (C=O) groups is 2. The Morgan fingerprint density at radius 1 is 1.00 bits per heavy atom. The standard InChI is InChI=1S/C31H45N3O2.C2HF3O2/c1-5-8-26-10-9-25(2)29(23-26)30(35)34-20-18-33(19-21-34)27-11-13-28(14-12-27)36-22-7-17-32-16-6-15-31(3,4)24-32;3-2(4,5)1(6)7/h9-14,23H,5-8,15-22,24H2,1-4H3;(H,6,7). The Balaban J connectivity index is 0.000000646. The van der Waals surface area contributed by atoms with Gasteiger partial charge in [0.25, 0.3) is 5.91 Å². The maximum atomic E-state index is 13.2. The zero-order valence-electron chi connectivity index (χ0n) is 25.9. The van der Waals surface area contributed by atoms with Gasteiger partial charge in [-0.25, -0.2) is 4.79 Å². The summed E-state index contributed by atoms with van der Waals surface area (Å²) >= 11 is 0. The molecule has 2 aliphatic heterocycles. The molecular formula is C33H46F3N3O4. The highest BCUT2D eigenvalue weighted by Gasteiger charge is 2.38. The number of piperidine rings is 1. The Morgan fingerprint density at radius 3 is 2.23 bits per heavy atom. The van der Waals surface area contributed by atoms with Crippen LogP contribution in [-0.2, 0) is 11.2 Å². The Bertz CT molecular complexity index is 1190. The van der Waals surface area contributed by atoms with Crippen molar-refractivity contribution in [3.8, 4) is 5.75 Å². The van der Waals surface area contributed by atoms with Crippen LogP contribution in [0.25, 0.3) is 0 Å². The van der Waals surface area contributed by atoms with Crippen LogP contribution >= 0.6 is 0 Å². The van der Waals surface area contributed by atoms with Gasteiger partial charge in [0.15, 0.2) is 0 Å². The van der Waals surface area contributed by atoms with E-state index in [9.17, 15) is 18.0 Å². The predicted molar refractivity (Wildman–Crippen MR) is 163 cm³/mol. The van der Waals surface area contributed by atoms with Crippen LogP contribution in [0.1, 0.15) is 67.9 Å². The van der Waals surface area contributed by atoms with Crippen molar-refractivity contribution in [1.82, 2.24) is 9.80 Å². The van der Waals surface area contributed by atoms with Gasteiger partial charge in [0.2, 0.25) is 0 Å². The molecule has 4 rings (SSSR count). The first-order valence-electron chi connectivity index (χ1n) is 15.2. The van der Waals surface area contributed by atoms with Crippen molar-refractivity contribution in [3.05, 3.63) is 59.2 Å². The van der Waals surface area contributed by atoms with Crippen molar-refractivity contribution in [3.63, 3.8) is 0 Å². The van der Waals surface area contributed by atoms with Gasteiger partial charge in [-0.2, -0.15) is 13.2 Å². The molecule has 0 saturated carbocycles. The van der Waals surface area contributed by atoms with Crippen LogP contribution in [0, 0.1) is 12.3 Å². The number of nitrogens with zero attached hydrogens (tertiary/aromatic N) is 3. The number of ether oxygens (including phenoxy) is 1. The van der Waals surface area contributed by atoms with Crippen LogP contribution in [0.2, 0.25) is 0 Å². The number of piperazine rings is 1. The van der Waals surface area contributed by atoms with E-state index in [1.807, 2.05) is 11.8 Å². The lowest BCUT2D eigenvalue weighted by molar-refractivity contribution is -0.192. The van der Waals surface area contributed by atoms with Crippen molar-refractivity contribution >= 4 is 17.6 Å². The molecule has 0 aliphatic carbocycles. The summed E-state index contributed by atoms with van der Waals surface area (Å²) in [4.78, 5) is 29.1. The van der Waals surface area contributed by atoms with E-state index in [4.69, 9.17) is 14.6 Å². The minimum atomic E-state index is -5.08. The first kappa shape index (κ1) is 34.2. The molecule has 2 heterocycles. The topological polar surface area (TPSA) is 73.3 Å². The van der Waals surface area contributed by atoms with Crippen molar-refractivity contribution in [2.45, 2.75) is 66.0 Å². The number of carboxylic acids is 1. The lowest BCUT2D eigenvalue weighted by atomic mass is 9.84. The molecule has 0 atom stereocenters. The van der Waals surface area contributed by atoms with Crippen molar-refractivity contribution in [1.29, 1.82) is 0 Å². The molecule has 2 fully saturated rings. The van der Waals surface area contributed by atoms with E-state index in [1.54, 1.807) is 0 Å². The zero-order chi connectivity index (χ0) is 31.6. The summed E-state index contributed by atoms with van der Waals surface area (Å²) in [6, 6.07) is 14.8. The summed E-state index contributed by atoms with van der Waals surface area (Å²) in [5, 5.41) is 7.12. The zero-order valence-corrected chi connectivity index (χ0v) is 25.9. The van der Waals surface area contributed by atoms with Crippen molar-refractivity contribution in [2.75, 3.05) is 57.3 Å². The number of aliphatic carboxylic acids is 1. The minimum Gasteiger partial charge on any atom is -0.494 e. The van der Waals surface area contributed by atoms with E-state index >= 15 is 0 Å². The van der Waals surface area contributed by atoms with Crippen LogP contribution in [0.15, 0.2) is 42.5 Å². The smallest absolute Gasteiger partial charge is 0.490 e. The van der Waals surface area contributed by atoms with E-state index in [-0.39, 0.29) is 5.91 Å². The lowest BCUT2D eigenvalue weighted by Gasteiger charge is -2.38. The van der Waals surface area contributed by atoms with Gasteiger partial charge >= 0.3 is 12.1 Å². The summed E-state index contributed by atoms with van der Waals surface area (Å²) in [6.45, 7) is 16.5. The summed E-state index contributed by atoms with van der Waals surface area (Å²) in [5.41, 5.74) is 4.83. The minimum absolute atomic E-state index is 0.168. The SMILES string of the molecule is CCCc1ccc(C)c(C(=O)N2CCN(c3ccc(OCCCN4CCCC(C)(C)C4)cc3)CC2)c1.O=C(O)C(F)(F)F. The third-order valence-corrected chi connectivity index (χ3v) is 7.95. The van der Waals surface area contributed by atoms with Gasteiger partial charge in [-0.15, -0.1) is 0 Å². The molecule has 0 bridgehead atoms. The highest BCUT2D eigenvalue weighted by molar-refractivity contribution is 5.96. The van der Waals surface area contributed by atoms with Gasteiger partial charge in [0.05, 0.1) is 6.61 Å². The average molecular weight is 606 g/mol. The van der Waals surface area contributed by atoms with Crippen LogP contribution in [0.5, 0.6) is 5.75 Å². The molecule has 0 radical (unpaired) electrons. The molecule has 2 aromatic carbocycles. The quantitative estimate of drug-likeness (QED) is 0.332. The molecule has 2 aromatic rings. The number of halogens is 3. The number of hydrogen-bond donors (Lipinski definition) is 1. The fourth-order valence-electron chi connectivity index (χ4n) is 5.65. The number of amides is 1. The molecule has 1 N–H and O–H groups in total. The van der Waals surface area contributed by atoms with E-state index in [0.29, 0.717) is 5.41 Å². The maximum Gasteiger partial charge on any atom is 0.490 e. The number of aryl methyl sites for hydroxylation is 2. The number of alkyl halides is 3. The number of carboxylic acid groups (broad SMARTS) is 1. The van der Waals surface area contributed by atoms with Gasteiger partial charge in [-0.1, -0.05) is 39.3 Å². The van der Waals surface area contributed by atoms with Gasteiger partial charge in [0, 0.05) is 50.5 Å². The molecule has 0 aromatic heterocycles. The number of benzene rings is 2. The Labute approximate surface area is 253 Å². The summed E-state index contributed by atoms with van der Waals surface area (Å²) < 4.78 is 37.8. The summed E-state index contributed by atoms with van der Waals surface area (Å²) in [6.07, 6.45) is 0.740. The van der Waals surface area contributed by atoms with Gasteiger partial charge in [-0.05, 0) is 86.0 Å². The van der Waals surface area contributed by atoms with E-state index in [2.05, 4.69) is 73.0 Å². The molecule has 43 heavy (non-hydrogen) atoms. The normalized spacial score (nSPS) is 17.2. The first-order chi connectivity index (χ1) is 20.3. The number of carbonyl (C=O) groups excluding carboxylic acids is 1. The molecular weight excluding hydrogens is 559 g/mol. The van der Waals surface area contributed by atoms with E-state index < -0.39 is 12.1 Å². The van der Waals surface area contributed by atoms with Crippen LogP contribution < -0.4 is 9.64 Å². The Kier molecular flexibility index (Phi) is 12.3. The third-order valence-electron chi connectivity index (χ3n) is 7.95. The van der Waals surface area contributed by atoms with Gasteiger partial charge < -0.3 is 24.5 Å². The number of rotatable bonds is 9.